The zero-order valence-electron chi connectivity index (χ0n) is 5.72. The van der Waals surface area contributed by atoms with Gasteiger partial charge in [-0.1, -0.05) is 0 Å². The molecule has 13 heavy (non-hydrogen) atoms. The van der Waals surface area contributed by atoms with Crippen LogP contribution in [0.15, 0.2) is 0 Å². The topological polar surface area (TPSA) is 126 Å². The van der Waals surface area contributed by atoms with Gasteiger partial charge in [0.25, 0.3) is 0 Å². The molecule has 0 atom stereocenters. The molecule has 0 unspecified atom stereocenters. The van der Waals surface area contributed by atoms with Crippen LogP contribution in [0.4, 0.5) is 0 Å². The molecule has 0 spiro atoms. The van der Waals surface area contributed by atoms with Gasteiger partial charge in [0.05, 0.1) is 0 Å². The monoisotopic (exact) mass is 434 g/mol. The Kier molecular flexibility index (Phi) is 7840. The van der Waals surface area contributed by atoms with Crippen LogP contribution in [-0.2, 0) is 26.2 Å². The summed E-state index contributed by atoms with van der Waals surface area (Å²) in [4.78, 5) is 0. The Hall–Kier alpha value is 3.29. The van der Waals surface area contributed by atoms with E-state index in [-0.39, 0.29) is 152 Å². The van der Waals surface area contributed by atoms with Crippen molar-refractivity contribution >= 4 is 17.4 Å². The number of halogens is 7. The van der Waals surface area contributed by atoms with Crippen molar-refractivity contribution < 1.29 is 135 Å². The molecule has 0 rings (SSSR count). The van der Waals surface area contributed by atoms with Gasteiger partial charge < -0.3 is 109 Å². The maximum Gasteiger partial charge on any atom is 4.00 e. The summed E-state index contributed by atoms with van der Waals surface area (Å²) < 4.78 is 0. The molecule has 0 aliphatic rings. The van der Waals surface area contributed by atoms with E-state index in [9.17, 15) is 0 Å². The van der Waals surface area contributed by atoms with Crippen LogP contribution in [0.25, 0.3) is 0 Å². The smallest absolute Gasteiger partial charge is 1.00 e. The van der Waals surface area contributed by atoms with Crippen LogP contribution >= 0.6 is 0 Å². The first-order valence-corrected chi connectivity index (χ1v) is 0. The van der Waals surface area contributed by atoms with Crippen LogP contribution in [0.5, 0.6) is 0 Å². The van der Waals surface area contributed by atoms with Crippen LogP contribution in [0.1, 0.15) is 0 Å². The van der Waals surface area contributed by atoms with E-state index >= 15 is 0 Å². The molecule has 0 aliphatic carbocycles. The fourth-order valence-electron chi connectivity index (χ4n) is 0. The predicted molar refractivity (Wildman–Crippen MR) is 20.2 cm³/mol. The minimum absolute atomic E-state index is 0. The van der Waals surface area contributed by atoms with Crippen LogP contribution in [0, 0.1) is 0 Å². The molecule has 0 aromatic carbocycles. The molecule has 0 bridgehead atoms. The van der Waals surface area contributed by atoms with Gasteiger partial charge in [-0.05, 0) is 0 Å². The molecule has 88 valence electrons. The number of rotatable bonds is 0. The largest absolute Gasteiger partial charge is 4.00 e. The van der Waals surface area contributed by atoms with Gasteiger partial charge in [-0.15, -0.1) is 0 Å². The standard InChI is InChI=1S/Al.7ClH.4H2O.Zr/h;7*1H;4*1H2;/q+3;;;;;;;;;;;;+4/p-7. The summed E-state index contributed by atoms with van der Waals surface area (Å²) in [5.74, 6) is 0. The van der Waals surface area contributed by atoms with Crippen molar-refractivity contribution in [2.24, 2.45) is 0 Å². The minimum atomic E-state index is 0. The second-order valence-electron chi connectivity index (χ2n) is 0. The van der Waals surface area contributed by atoms with Gasteiger partial charge >= 0.3 is 43.6 Å². The molecule has 4 nitrogen and oxygen atoms in total. The fourth-order valence-corrected chi connectivity index (χ4v) is 0. The molecular weight excluding hydrogens is 430 g/mol. The molecule has 0 heterocycles. The molecule has 13 heteroatoms. The second-order valence-corrected chi connectivity index (χ2v) is 0. The summed E-state index contributed by atoms with van der Waals surface area (Å²) in [6.07, 6.45) is 0. The average molecular weight is 438 g/mol. The normalized spacial score (nSPS) is 0. The Morgan fingerprint density at radius 1 is 0.308 bits per heavy atom. The molecule has 0 saturated carbocycles. The van der Waals surface area contributed by atoms with Crippen molar-refractivity contribution in [2.75, 3.05) is 0 Å². The molecule has 0 aromatic heterocycles. The number of hydrogen-bond donors (Lipinski definition) is 0. The van der Waals surface area contributed by atoms with Crippen molar-refractivity contribution in [3.8, 4) is 0 Å². The van der Waals surface area contributed by atoms with Crippen LogP contribution in [0.2, 0.25) is 0 Å². The van der Waals surface area contributed by atoms with Crippen molar-refractivity contribution in [2.45, 2.75) is 0 Å². The van der Waals surface area contributed by atoms with Crippen molar-refractivity contribution in [1.29, 1.82) is 0 Å². The second kappa shape index (κ2) is 289. The van der Waals surface area contributed by atoms with Gasteiger partial charge in [-0.3, -0.25) is 0 Å². The van der Waals surface area contributed by atoms with E-state index in [0.29, 0.717) is 0 Å². The zero-order valence-corrected chi connectivity index (χ0v) is 14.6. The maximum absolute atomic E-state index is 0. The summed E-state index contributed by atoms with van der Waals surface area (Å²) in [5, 5.41) is 0. The van der Waals surface area contributed by atoms with Crippen molar-refractivity contribution in [1.82, 2.24) is 0 Å². The summed E-state index contributed by atoms with van der Waals surface area (Å²) in [7, 11) is 0. The SMILES string of the molecule is O.O.O.O.[Al+3].[Cl-].[Cl-].[Cl-].[Cl-].[Cl-].[Cl-].[Cl-].[Zr+4]. The van der Waals surface area contributed by atoms with Crippen LogP contribution in [-0.4, -0.2) is 39.3 Å². The quantitative estimate of drug-likeness (QED) is 0.333. The van der Waals surface area contributed by atoms with E-state index in [1.54, 1.807) is 0 Å². The predicted octanol–water partition coefficient (Wildman–Crippen LogP) is -24.7. The van der Waals surface area contributed by atoms with Gasteiger partial charge in [0, 0.05) is 0 Å². The van der Waals surface area contributed by atoms with E-state index in [4.69, 9.17) is 0 Å². The first-order valence-electron chi connectivity index (χ1n) is 0. The van der Waals surface area contributed by atoms with Gasteiger partial charge in [0.2, 0.25) is 0 Å². The average Bonchev–Trinajstić information content (AvgIpc) is 0. The maximum atomic E-state index is 0. The molecule has 0 fully saturated rings. The molecule has 0 radical (unpaired) electrons. The Labute approximate surface area is 150 Å². The van der Waals surface area contributed by atoms with Gasteiger partial charge in [-0.25, -0.2) is 0 Å². The molecule has 0 aromatic rings. The Morgan fingerprint density at radius 3 is 0.308 bits per heavy atom. The number of hydrogen-bond acceptors (Lipinski definition) is 0. The van der Waals surface area contributed by atoms with Gasteiger partial charge in [-0.2, -0.15) is 0 Å². The Balaban J connectivity index is 0. The van der Waals surface area contributed by atoms with E-state index in [0.717, 1.165) is 0 Å². The van der Waals surface area contributed by atoms with E-state index in [1.807, 2.05) is 0 Å². The molecule has 0 amide bonds. The van der Waals surface area contributed by atoms with Crippen LogP contribution in [0.3, 0.4) is 0 Å². The van der Waals surface area contributed by atoms with Crippen molar-refractivity contribution in [3.63, 3.8) is 0 Å². The fraction of sp³-hybridized carbons (Fsp3) is 0. The van der Waals surface area contributed by atoms with E-state index in [2.05, 4.69) is 0 Å². The Morgan fingerprint density at radius 2 is 0.308 bits per heavy atom. The zero-order chi connectivity index (χ0) is 0. The summed E-state index contributed by atoms with van der Waals surface area (Å²) >= 11 is 0. The van der Waals surface area contributed by atoms with Crippen LogP contribution < -0.4 is 86.8 Å². The van der Waals surface area contributed by atoms with Gasteiger partial charge in [0.15, 0.2) is 0 Å². The van der Waals surface area contributed by atoms with E-state index < -0.39 is 0 Å². The summed E-state index contributed by atoms with van der Waals surface area (Å²) in [6.45, 7) is 0. The first kappa shape index (κ1) is 352. The van der Waals surface area contributed by atoms with Crippen molar-refractivity contribution in [3.05, 3.63) is 0 Å². The minimum Gasteiger partial charge on any atom is -1.00 e. The summed E-state index contributed by atoms with van der Waals surface area (Å²) in [5.41, 5.74) is 0. The summed E-state index contributed by atoms with van der Waals surface area (Å²) in [6, 6.07) is 0. The molecule has 0 aliphatic heterocycles. The third kappa shape index (κ3) is 250. The third-order valence-electron chi connectivity index (χ3n) is 0. The van der Waals surface area contributed by atoms with E-state index in [1.165, 1.54) is 0 Å². The third-order valence-corrected chi connectivity index (χ3v) is 0. The molecular formula is H8AlCl7O4Zr. The molecule has 8 N–H and O–H groups in total. The first-order chi connectivity index (χ1) is 0. The molecule has 0 saturated heterocycles. The van der Waals surface area contributed by atoms with Gasteiger partial charge in [0.1, 0.15) is 0 Å². The Bertz CT molecular complexity index is 20.5.